The van der Waals surface area contributed by atoms with E-state index in [9.17, 15) is 9.90 Å². The van der Waals surface area contributed by atoms with Crippen molar-refractivity contribution in [1.82, 2.24) is 10.4 Å². The number of aromatic hydroxyl groups is 1. The van der Waals surface area contributed by atoms with Gasteiger partial charge in [-0.2, -0.15) is 0 Å². The van der Waals surface area contributed by atoms with Gasteiger partial charge in [-0.05, 0) is 34.1 Å². The van der Waals surface area contributed by atoms with Crippen molar-refractivity contribution < 1.29 is 9.90 Å². The van der Waals surface area contributed by atoms with Crippen molar-refractivity contribution in [1.29, 1.82) is 0 Å². The Morgan fingerprint density at radius 1 is 1.50 bits per heavy atom. The van der Waals surface area contributed by atoms with Crippen LogP contribution in [0.4, 0.5) is 0 Å². The van der Waals surface area contributed by atoms with Crippen LogP contribution in [-0.4, -0.2) is 30.1 Å². The Morgan fingerprint density at radius 3 is 2.64 bits per heavy atom. The molecule has 1 aromatic carbocycles. The van der Waals surface area contributed by atoms with Crippen LogP contribution in [0.1, 0.15) is 10.4 Å². The van der Waals surface area contributed by atoms with Gasteiger partial charge in [0.1, 0.15) is 5.75 Å². The van der Waals surface area contributed by atoms with Gasteiger partial charge in [0.2, 0.25) is 0 Å². The third-order valence-corrected chi connectivity index (χ3v) is 2.20. The van der Waals surface area contributed by atoms with Crippen molar-refractivity contribution in [3.8, 4) is 5.75 Å². The summed E-state index contributed by atoms with van der Waals surface area (Å²) in [6, 6.07) is 4.66. The smallest absolute Gasteiger partial charge is 0.265 e. The van der Waals surface area contributed by atoms with E-state index in [0.717, 1.165) is 0 Å². The molecule has 5 heteroatoms. The van der Waals surface area contributed by atoms with Crippen LogP contribution in [0, 0.1) is 0 Å². The first-order valence-electron chi connectivity index (χ1n) is 3.97. The van der Waals surface area contributed by atoms with Crippen LogP contribution in [0.25, 0.3) is 0 Å². The van der Waals surface area contributed by atoms with E-state index in [1.807, 2.05) is 0 Å². The minimum absolute atomic E-state index is 0.0522. The molecule has 2 N–H and O–H groups in total. The Labute approximate surface area is 90.6 Å². The first-order chi connectivity index (χ1) is 6.50. The predicted octanol–water partition coefficient (Wildman–Crippen LogP) is 1.36. The van der Waals surface area contributed by atoms with Gasteiger partial charge in [0, 0.05) is 19.7 Å². The van der Waals surface area contributed by atoms with E-state index in [1.165, 1.54) is 6.07 Å². The summed E-state index contributed by atoms with van der Waals surface area (Å²) in [4.78, 5) is 11.4. The lowest BCUT2D eigenvalue weighted by Crippen LogP contribution is -2.36. The fraction of sp³-hybridized carbons (Fsp3) is 0.222. The summed E-state index contributed by atoms with van der Waals surface area (Å²) < 4.78 is 0.568. The van der Waals surface area contributed by atoms with Gasteiger partial charge in [-0.1, -0.05) is 0 Å². The van der Waals surface area contributed by atoms with Gasteiger partial charge >= 0.3 is 0 Å². The van der Waals surface area contributed by atoms with Gasteiger partial charge < -0.3 is 5.11 Å². The molecule has 0 aliphatic rings. The van der Waals surface area contributed by atoms with Crippen molar-refractivity contribution >= 4 is 21.8 Å². The minimum Gasteiger partial charge on any atom is -0.507 e. The number of nitrogens with zero attached hydrogens (tertiary/aromatic N) is 1. The highest BCUT2D eigenvalue weighted by molar-refractivity contribution is 9.10. The number of hydrogen-bond acceptors (Lipinski definition) is 3. The number of rotatable bonds is 2. The molecule has 0 radical (unpaired) electrons. The van der Waals surface area contributed by atoms with Crippen molar-refractivity contribution in [3.05, 3.63) is 28.2 Å². The van der Waals surface area contributed by atoms with Crippen LogP contribution < -0.4 is 5.43 Å². The number of carbonyl (C=O) groups excluding carboxylic acids is 1. The van der Waals surface area contributed by atoms with E-state index < -0.39 is 0 Å². The molecule has 1 aromatic rings. The van der Waals surface area contributed by atoms with Crippen molar-refractivity contribution in [2.75, 3.05) is 14.1 Å². The third-order valence-electron chi connectivity index (χ3n) is 1.53. The van der Waals surface area contributed by atoms with Gasteiger partial charge in [0.05, 0.1) is 4.47 Å². The van der Waals surface area contributed by atoms with E-state index in [-0.39, 0.29) is 11.7 Å². The Balaban J connectivity index is 2.86. The maximum absolute atomic E-state index is 11.4. The number of amides is 1. The maximum Gasteiger partial charge on any atom is 0.265 e. The van der Waals surface area contributed by atoms with Crippen molar-refractivity contribution in [3.63, 3.8) is 0 Å². The molecule has 0 unspecified atom stereocenters. The molecule has 0 atom stereocenters. The van der Waals surface area contributed by atoms with E-state index in [0.29, 0.717) is 10.0 Å². The van der Waals surface area contributed by atoms with Gasteiger partial charge in [-0.15, -0.1) is 0 Å². The molecular formula is C9H11BrN2O2. The average Bonchev–Trinajstić information content (AvgIpc) is 2.08. The van der Waals surface area contributed by atoms with Crippen molar-refractivity contribution in [2.45, 2.75) is 0 Å². The lowest BCUT2D eigenvalue weighted by molar-refractivity contribution is 0.0856. The Kier molecular flexibility index (Phi) is 3.49. The highest BCUT2D eigenvalue weighted by atomic mass is 79.9. The molecule has 0 saturated heterocycles. The second kappa shape index (κ2) is 4.43. The number of hydrogen-bond donors (Lipinski definition) is 2. The summed E-state index contributed by atoms with van der Waals surface area (Å²) >= 11 is 3.14. The average molecular weight is 259 g/mol. The highest BCUT2D eigenvalue weighted by Crippen LogP contribution is 2.24. The molecule has 76 valence electrons. The second-order valence-corrected chi connectivity index (χ2v) is 3.86. The van der Waals surface area contributed by atoms with Crippen LogP contribution in [0.15, 0.2) is 22.7 Å². The molecule has 0 fully saturated rings. The van der Waals surface area contributed by atoms with Crippen LogP contribution in [0.3, 0.4) is 0 Å². The predicted molar refractivity (Wildman–Crippen MR) is 57.0 cm³/mol. The third kappa shape index (κ3) is 2.71. The summed E-state index contributed by atoms with van der Waals surface area (Å²) in [5, 5.41) is 10.9. The maximum atomic E-state index is 11.4. The van der Waals surface area contributed by atoms with Crippen molar-refractivity contribution in [2.24, 2.45) is 0 Å². The molecule has 0 aliphatic heterocycles. The van der Waals surface area contributed by atoms with Crippen LogP contribution in [-0.2, 0) is 0 Å². The van der Waals surface area contributed by atoms with E-state index in [1.54, 1.807) is 31.2 Å². The molecule has 0 bridgehead atoms. The molecule has 1 rings (SSSR count). The Bertz CT molecular complexity index is 353. The second-order valence-electron chi connectivity index (χ2n) is 3.00. The molecule has 14 heavy (non-hydrogen) atoms. The zero-order valence-electron chi connectivity index (χ0n) is 7.91. The molecule has 4 nitrogen and oxygen atoms in total. The largest absolute Gasteiger partial charge is 0.507 e. The van der Waals surface area contributed by atoms with Gasteiger partial charge in [0.15, 0.2) is 0 Å². The van der Waals surface area contributed by atoms with E-state index in [4.69, 9.17) is 0 Å². The molecule has 0 aromatic heterocycles. The summed E-state index contributed by atoms with van der Waals surface area (Å²) in [6.45, 7) is 0. The number of carbonyl (C=O) groups is 1. The van der Waals surface area contributed by atoms with Crippen LogP contribution in [0.2, 0.25) is 0 Å². The standard InChI is InChI=1S/C9H11BrN2O2/c1-12(2)11-9(14)6-3-4-7(10)8(13)5-6/h3-5,13H,1-2H3,(H,11,14). The van der Waals surface area contributed by atoms with Gasteiger partial charge in [0.25, 0.3) is 5.91 Å². The fourth-order valence-electron chi connectivity index (χ4n) is 0.922. The summed E-state index contributed by atoms with van der Waals surface area (Å²) in [6.07, 6.45) is 0. The number of hydrazine groups is 1. The minimum atomic E-state index is -0.252. The SMILES string of the molecule is CN(C)NC(=O)c1ccc(Br)c(O)c1. The lowest BCUT2D eigenvalue weighted by Gasteiger charge is -2.11. The molecule has 0 heterocycles. The molecule has 0 spiro atoms. The highest BCUT2D eigenvalue weighted by Gasteiger charge is 2.08. The summed E-state index contributed by atoms with van der Waals surface area (Å²) in [5.41, 5.74) is 2.99. The van der Waals surface area contributed by atoms with Gasteiger partial charge in [-0.3, -0.25) is 10.2 Å². The zero-order chi connectivity index (χ0) is 10.7. The molecular weight excluding hydrogens is 248 g/mol. The summed E-state index contributed by atoms with van der Waals surface area (Å²) in [7, 11) is 3.44. The molecule has 0 aliphatic carbocycles. The first-order valence-corrected chi connectivity index (χ1v) is 4.77. The number of phenols is 1. The van der Waals surface area contributed by atoms with E-state index in [2.05, 4.69) is 21.4 Å². The number of nitrogens with one attached hydrogen (secondary N) is 1. The quantitative estimate of drug-likeness (QED) is 0.788. The zero-order valence-corrected chi connectivity index (χ0v) is 9.50. The van der Waals surface area contributed by atoms with Gasteiger partial charge in [-0.25, -0.2) is 5.01 Å². The lowest BCUT2D eigenvalue weighted by atomic mass is 10.2. The number of phenolic OH excluding ortho intramolecular Hbond substituents is 1. The fourth-order valence-corrected chi connectivity index (χ4v) is 1.17. The van der Waals surface area contributed by atoms with Crippen LogP contribution in [0.5, 0.6) is 5.75 Å². The summed E-state index contributed by atoms with van der Waals surface area (Å²) in [5.74, 6) is -0.200. The van der Waals surface area contributed by atoms with Crippen LogP contribution >= 0.6 is 15.9 Å². The molecule has 0 saturated carbocycles. The number of halogens is 1. The topological polar surface area (TPSA) is 52.6 Å². The normalized spacial score (nSPS) is 10.3. The first kappa shape index (κ1) is 11.0. The monoisotopic (exact) mass is 258 g/mol. The Hall–Kier alpha value is -1.07. The Morgan fingerprint density at radius 2 is 2.14 bits per heavy atom. The van der Waals surface area contributed by atoms with E-state index >= 15 is 0 Å². The molecule has 1 amide bonds. The number of benzene rings is 1.